The topological polar surface area (TPSA) is 89.6 Å². The molecule has 0 saturated carbocycles. The Hall–Kier alpha value is -2.00. The van der Waals surface area contributed by atoms with Gasteiger partial charge >= 0.3 is 0 Å². The van der Waals surface area contributed by atoms with Gasteiger partial charge in [-0.2, -0.15) is 4.98 Å². The van der Waals surface area contributed by atoms with Crippen LogP contribution in [0.15, 0.2) is 24.5 Å². The van der Waals surface area contributed by atoms with Gasteiger partial charge in [0.15, 0.2) is 10.5 Å². The highest BCUT2D eigenvalue weighted by Crippen LogP contribution is 2.31. The van der Waals surface area contributed by atoms with Crippen molar-refractivity contribution in [2.45, 2.75) is 6.54 Å². The number of thiazole rings is 1. The summed E-state index contributed by atoms with van der Waals surface area (Å²) in [5.74, 6) is 0. The Morgan fingerprint density at radius 3 is 2.60 bits per heavy atom. The second kappa shape index (κ2) is 6.38. The molecule has 0 aliphatic rings. The Morgan fingerprint density at radius 2 is 1.84 bits per heavy atom. The van der Waals surface area contributed by atoms with E-state index in [2.05, 4.69) is 25.3 Å². The van der Waals surface area contributed by atoms with Gasteiger partial charge in [-0.1, -0.05) is 51.4 Å². The van der Waals surface area contributed by atoms with E-state index >= 15 is 0 Å². The summed E-state index contributed by atoms with van der Waals surface area (Å²) in [5, 5.41) is 18.6. The second-order valence-corrected chi connectivity index (χ2v) is 7.20. The first kappa shape index (κ1) is 16.5. The zero-order valence-corrected chi connectivity index (χ0v) is 15.3. The molecule has 0 bridgehead atoms. The number of nitrogens with zero attached hydrogens (tertiary/aromatic N) is 6. The summed E-state index contributed by atoms with van der Waals surface area (Å²) >= 11 is 19.1. The lowest BCUT2D eigenvalue weighted by Crippen LogP contribution is -2.00. The van der Waals surface area contributed by atoms with Crippen LogP contribution >= 0.6 is 46.1 Å². The summed E-state index contributed by atoms with van der Waals surface area (Å²) in [6.45, 7) is 0.417. The number of hydrogen-bond acceptors (Lipinski definition) is 7. The molecule has 7 nitrogen and oxygen atoms in total. The van der Waals surface area contributed by atoms with Gasteiger partial charge in [-0.3, -0.25) is 0 Å². The number of halogens is 3. The standard InChI is InChI=1S/C14H7Cl3N6OS/c15-7-1-6(2-8(16)11(7)17)4-23-5-10(21-22-23)9-3-18-12-13(19-9)25-14(24)20-12/h1-3,5H,4H2,(H,18,20,24). The number of hydrogen-bond donors (Lipinski definition) is 1. The van der Waals surface area contributed by atoms with Crippen LogP contribution in [0.25, 0.3) is 21.9 Å². The molecule has 4 aromatic rings. The quantitative estimate of drug-likeness (QED) is 0.509. The molecule has 0 saturated heterocycles. The van der Waals surface area contributed by atoms with Gasteiger partial charge in [0.2, 0.25) is 0 Å². The zero-order chi connectivity index (χ0) is 17.6. The first-order chi connectivity index (χ1) is 12.0. The third-order valence-electron chi connectivity index (χ3n) is 3.30. The summed E-state index contributed by atoms with van der Waals surface area (Å²) in [4.78, 5) is 12.9. The number of aromatic hydroxyl groups is 1. The van der Waals surface area contributed by atoms with E-state index in [0.717, 1.165) is 16.9 Å². The van der Waals surface area contributed by atoms with Gasteiger partial charge in [-0.15, -0.1) is 5.10 Å². The van der Waals surface area contributed by atoms with E-state index in [9.17, 15) is 5.11 Å². The first-order valence-electron chi connectivity index (χ1n) is 6.86. The van der Waals surface area contributed by atoms with Crippen molar-refractivity contribution in [3.8, 4) is 16.6 Å². The Kier molecular flexibility index (Phi) is 4.20. The van der Waals surface area contributed by atoms with Gasteiger partial charge in [-0.25, -0.2) is 14.6 Å². The third kappa shape index (κ3) is 3.25. The second-order valence-electron chi connectivity index (χ2n) is 5.06. The number of fused-ring (bicyclic) bond motifs is 1. The minimum absolute atomic E-state index is 0.0766. The van der Waals surface area contributed by atoms with Crippen LogP contribution in [0.4, 0.5) is 0 Å². The molecule has 1 N–H and O–H groups in total. The van der Waals surface area contributed by atoms with Gasteiger partial charge in [0.25, 0.3) is 5.19 Å². The minimum Gasteiger partial charge on any atom is -0.486 e. The van der Waals surface area contributed by atoms with Crippen molar-refractivity contribution in [1.82, 2.24) is 29.9 Å². The predicted molar refractivity (Wildman–Crippen MR) is 96.5 cm³/mol. The molecule has 0 aliphatic heterocycles. The van der Waals surface area contributed by atoms with Crippen LogP contribution < -0.4 is 0 Å². The zero-order valence-electron chi connectivity index (χ0n) is 12.2. The molecule has 3 heterocycles. The van der Waals surface area contributed by atoms with E-state index < -0.39 is 0 Å². The van der Waals surface area contributed by atoms with Crippen molar-refractivity contribution >= 4 is 56.6 Å². The lowest BCUT2D eigenvalue weighted by atomic mass is 10.2. The molecular weight excluding hydrogens is 407 g/mol. The van der Waals surface area contributed by atoms with Crippen LogP contribution in [-0.2, 0) is 6.54 Å². The molecule has 25 heavy (non-hydrogen) atoms. The monoisotopic (exact) mass is 412 g/mol. The molecule has 126 valence electrons. The maximum atomic E-state index is 9.41. The smallest absolute Gasteiger partial charge is 0.274 e. The van der Waals surface area contributed by atoms with Crippen LogP contribution in [0.2, 0.25) is 15.1 Å². The average Bonchev–Trinajstić information content (AvgIpc) is 3.17. The van der Waals surface area contributed by atoms with Gasteiger partial charge in [0.05, 0.1) is 34.0 Å². The molecule has 4 rings (SSSR count). The maximum absolute atomic E-state index is 9.41. The van der Waals surface area contributed by atoms with E-state index in [0.29, 0.717) is 43.5 Å². The lowest BCUT2D eigenvalue weighted by Gasteiger charge is -2.05. The highest BCUT2D eigenvalue weighted by atomic mass is 35.5. The molecule has 0 unspecified atom stereocenters. The highest BCUT2D eigenvalue weighted by molar-refractivity contribution is 7.19. The predicted octanol–water partition coefficient (Wildman–Crippen LogP) is 4.06. The van der Waals surface area contributed by atoms with Crippen molar-refractivity contribution in [2.75, 3.05) is 0 Å². The van der Waals surface area contributed by atoms with Crippen LogP contribution in [0.3, 0.4) is 0 Å². The fraction of sp³-hybridized carbons (Fsp3) is 0.0714. The van der Waals surface area contributed by atoms with Crippen LogP contribution in [0.1, 0.15) is 5.56 Å². The molecule has 0 amide bonds. The summed E-state index contributed by atoms with van der Waals surface area (Å²) in [5.41, 5.74) is 2.32. The number of rotatable bonds is 3. The van der Waals surface area contributed by atoms with Gasteiger partial charge in [0, 0.05) is 0 Å². The molecule has 0 radical (unpaired) electrons. The molecule has 0 aliphatic carbocycles. The Balaban J connectivity index is 1.63. The summed E-state index contributed by atoms with van der Waals surface area (Å²) in [6.07, 6.45) is 3.26. The maximum Gasteiger partial charge on any atom is 0.274 e. The SMILES string of the molecule is Oc1nc2ncc(-c3cn(Cc4cc(Cl)c(Cl)c(Cl)c4)nn3)nc2s1. The van der Waals surface area contributed by atoms with E-state index in [-0.39, 0.29) is 5.19 Å². The Labute approximate surface area is 159 Å². The van der Waals surface area contributed by atoms with Crippen LogP contribution in [0.5, 0.6) is 5.19 Å². The molecule has 0 spiro atoms. The first-order valence-corrected chi connectivity index (χ1v) is 8.81. The summed E-state index contributed by atoms with van der Waals surface area (Å²) < 4.78 is 1.63. The van der Waals surface area contributed by atoms with Crippen molar-refractivity contribution in [3.63, 3.8) is 0 Å². The molecule has 0 fully saturated rings. The van der Waals surface area contributed by atoms with E-state index in [1.54, 1.807) is 23.0 Å². The van der Waals surface area contributed by atoms with Crippen molar-refractivity contribution < 1.29 is 5.11 Å². The molecular formula is C14H7Cl3N6OS. The van der Waals surface area contributed by atoms with E-state index in [1.165, 1.54) is 6.20 Å². The van der Waals surface area contributed by atoms with E-state index in [4.69, 9.17) is 34.8 Å². The minimum atomic E-state index is -0.0766. The largest absolute Gasteiger partial charge is 0.486 e. The Morgan fingerprint density at radius 1 is 1.08 bits per heavy atom. The van der Waals surface area contributed by atoms with Crippen molar-refractivity contribution in [3.05, 3.63) is 45.2 Å². The van der Waals surface area contributed by atoms with Gasteiger partial charge in [-0.05, 0) is 17.7 Å². The van der Waals surface area contributed by atoms with Crippen LogP contribution in [0, 0.1) is 0 Å². The van der Waals surface area contributed by atoms with E-state index in [1.807, 2.05) is 0 Å². The lowest BCUT2D eigenvalue weighted by molar-refractivity contribution is 0.472. The molecule has 0 atom stereocenters. The van der Waals surface area contributed by atoms with Crippen molar-refractivity contribution in [1.29, 1.82) is 0 Å². The molecule has 3 aromatic heterocycles. The molecule has 11 heteroatoms. The summed E-state index contributed by atoms with van der Waals surface area (Å²) in [7, 11) is 0. The summed E-state index contributed by atoms with van der Waals surface area (Å²) in [6, 6.07) is 3.45. The van der Waals surface area contributed by atoms with Crippen LogP contribution in [-0.4, -0.2) is 35.1 Å². The third-order valence-corrected chi connectivity index (χ3v) is 5.24. The van der Waals surface area contributed by atoms with Gasteiger partial charge in [0.1, 0.15) is 11.4 Å². The average molecular weight is 414 g/mol. The fourth-order valence-corrected chi connectivity index (χ4v) is 3.49. The number of benzene rings is 1. The normalized spacial score (nSPS) is 11.3. The molecule has 1 aromatic carbocycles. The Bertz CT molecular complexity index is 1070. The highest BCUT2D eigenvalue weighted by Gasteiger charge is 2.12. The number of aromatic nitrogens is 6. The van der Waals surface area contributed by atoms with Gasteiger partial charge < -0.3 is 5.11 Å². The fourth-order valence-electron chi connectivity index (χ4n) is 2.21. The van der Waals surface area contributed by atoms with Crippen molar-refractivity contribution in [2.24, 2.45) is 0 Å².